The van der Waals surface area contributed by atoms with Gasteiger partial charge in [0.25, 0.3) is 0 Å². The van der Waals surface area contributed by atoms with Gasteiger partial charge in [-0.2, -0.15) is 0 Å². The molecule has 0 radical (unpaired) electrons. The third-order valence-corrected chi connectivity index (χ3v) is 5.45. The molecule has 166 valence electrons. The van der Waals surface area contributed by atoms with E-state index < -0.39 is 5.97 Å². The maximum atomic E-state index is 11.7. The first-order valence-corrected chi connectivity index (χ1v) is 10.8. The van der Waals surface area contributed by atoms with E-state index >= 15 is 0 Å². The normalized spacial score (nSPS) is 10.6. The van der Waals surface area contributed by atoms with Gasteiger partial charge in [-0.1, -0.05) is 32.0 Å². The second-order valence-electron chi connectivity index (χ2n) is 7.87. The minimum atomic E-state index is -0.912. The van der Waals surface area contributed by atoms with Crippen LogP contribution in [0.1, 0.15) is 35.3 Å². The van der Waals surface area contributed by atoms with Crippen LogP contribution in [-0.4, -0.2) is 39.3 Å². The molecule has 4 rings (SSSR count). The molecule has 0 atom stereocenters. The van der Waals surface area contributed by atoms with Crippen molar-refractivity contribution in [1.29, 1.82) is 0 Å². The first kappa shape index (κ1) is 23.1. The predicted octanol–water partition coefficient (Wildman–Crippen LogP) is 4.95. The van der Waals surface area contributed by atoms with Crippen molar-refractivity contribution in [1.82, 2.24) is 4.58 Å². The third-order valence-electron chi connectivity index (χ3n) is 5.45. The minimum absolute atomic E-state index is 0.328. The lowest BCUT2D eigenvalue weighted by Gasteiger charge is -2.18. The molecule has 32 heavy (non-hydrogen) atoms. The van der Waals surface area contributed by atoms with Crippen molar-refractivity contribution in [2.75, 3.05) is 33.1 Å². The van der Waals surface area contributed by atoms with Crippen LogP contribution in [0, 0.1) is 0 Å². The fourth-order valence-corrected chi connectivity index (χ4v) is 3.77. The Bertz CT molecular complexity index is 1300. The molecule has 1 aliphatic carbocycles. The lowest BCUT2D eigenvalue weighted by atomic mass is 9.92. The number of nitrogens with zero attached hydrogens (tertiary/aromatic N) is 2. The predicted molar refractivity (Wildman–Crippen MR) is 132 cm³/mol. The Morgan fingerprint density at radius 2 is 1.72 bits per heavy atom. The second kappa shape index (κ2) is 9.69. The lowest BCUT2D eigenvalue weighted by Crippen LogP contribution is -2.21. The SMILES string of the molecule is CC.CN(C)c1ccc2c(Cc3ccccc3C(=O)O)c3ccc(=[N+](C)C)cc-3oc2c1. The highest BCUT2D eigenvalue weighted by atomic mass is 16.4. The molecule has 5 nitrogen and oxygen atoms in total. The molecule has 0 bridgehead atoms. The first-order chi connectivity index (χ1) is 15.3. The molecule has 1 aliphatic heterocycles. The van der Waals surface area contributed by atoms with E-state index in [4.69, 9.17) is 4.42 Å². The summed E-state index contributed by atoms with van der Waals surface area (Å²) in [6, 6.07) is 19.5. The molecule has 2 aliphatic rings. The van der Waals surface area contributed by atoms with Crippen molar-refractivity contribution in [2.45, 2.75) is 20.3 Å². The number of carboxylic acid groups (broad SMARTS) is 1. The number of benzene rings is 3. The van der Waals surface area contributed by atoms with E-state index in [0.29, 0.717) is 12.0 Å². The van der Waals surface area contributed by atoms with Crippen LogP contribution in [0.25, 0.3) is 22.3 Å². The van der Waals surface area contributed by atoms with Gasteiger partial charge in [0.1, 0.15) is 25.4 Å². The number of carboxylic acids is 1. The minimum Gasteiger partial charge on any atom is -0.478 e. The number of carbonyl (C=O) groups is 1. The zero-order chi connectivity index (χ0) is 23.4. The van der Waals surface area contributed by atoms with Crippen LogP contribution in [0.5, 0.6) is 0 Å². The lowest BCUT2D eigenvalue weighted by molar-refractivity contribution is 0.0696. The van der Waals surface area contributed by atoms with E-state index in [1.807, 2.05) is 75.8 Å². The largest absolute Gasteiger partial charge is 0.478 e. The number of anilines is 1. The van der Waals surface area contributed by atoms with Gasteiger partial charge >= 0.3 is 5.97 Å². The topological polar surface area (TPSA) is 56.7 Å². The average molecular weight is 432 g/mol. The maximum Gasteiger partial charge on any atom is 0.335 e. The molecule has 0 amide bonds. The number of hydrogen-bond acceptors (Lipinski definition) is 3. The van der Waals surface area contributed by atoms with E-state index in [1.54, 1.807) is 12.1 Å². The summed E-state index contributed by atoms with van der Waals surface area (Å²) in [4.78, 5) is 13.8. The fraction of sp³-hybridized carbons (Fsp3) is 0.259. The van der Waals surface area contributed by atoms with Crippen molar-refractivity contribution in [3.8, 4) is 11.3 Å². The van der Waals surface area contributed by atoms with Crippen LogP contribution in [0.15, 0.2) is 65.1 Å². The standard InChI is InChI=1S/C25H24N2O3.C2H6/c1-26(2)17-9-11-20-22(13-16-7-5-6-8-19(16)25(28)29)21-12-10-18(27(3)4)15-24(21)30-23(20)14-17;1-2/h5-12,14-15H,13H2,1-4H3;1-2H3/p+1. The van der Waals surface area contributed by atoms with E-state index in [2.05, 4.69) is 24.3 Å². The van der Waals surface area contributed by atoms with Crippen LogP contribution < -0.4 is 14.8 Å². The van der Waals surface area contributed by atoms with E-state index in [-0.39, 0.29) is 0 Å². The van der Waals surface area contributed by atoms with Crippen molar-refractivity contribution in [3.05, 3.63) is 82.7 Å². The average Bonchev–Trinajstić information content (AvgIpc) is 2.79. The van der Waals surface area contributed by atoms with Crippen LogP contribution in [0.4, 0.5) is 5.69 Å². The highest BCUT2D eigenvalue weighted by Gasteiger charge is 2.19. The van der Waals surface area contributed by atoms with Gasteiger partial charge < -0.3 is 14.4 Å². The highest BCUT2D eigenvalue weighted by molar-refractivity contribution is 5.92. The van der Waals surface area contributed by atoms with Crippen LogP contribution in [0.3, 0.4) is 0 Å². The monoisotopic (exact) mass is 431 g/mol. The van der Waals surface area contributed by atoms with Crippen LogP contribution in [-0.2, 0) is 6.42 Å². The van der Waals surface area contributed by atoms with E-state index in [1.165, 1.54) is 0 Å². The molecule has 0 saturated carbocycles. The summed E-state index contributed by atoms with van der Waals surface area (Å²) in [6.07, 6.45) is 0.508. The zero-order valence-electron chi connectivity index (χ0n) is 19.6. The van der Waals surface area contributed by atoms with E-state index in [0.717, 1.165) is 44.5 Å². The summed E-state index contributed by atoms with van der Waals surface area (Å²) in [5.41, 5.74) is 5.00. The molecule has 0 unspecified atom stereocenters. The van der Waals surface area contributed by atoms with Crippen molar-refractivity contribution < 1.29 is 14.3 Å². The van der Waals surface area contributed by atoms with Crippen LogP contribution in [0.2, 0.25) is 0 Å². The number of hydrogen-bond donors (Lipinski definition) is 1. The smallest absolute Gasteiger partial charge is 0.335 e. The van der Waals surface area contributed by atoms with Crippen molar-refractivity contribution in [2.24, 2.45) is 0 Å². The molecular weight excluding hydrogens is 400 g/mol. The maximum absolute atomic E-state index is 11.7. The molecule has 0 aromatic heterocycles. The van der Waals surface area contributed by atoms with Gasteiger partial charge in [-0.05, 0) is 41.8 Å². The van der Waals surface area contributed by atoms with Gasteiger partial charge in [0, 0.05) is 42.9 Å². The van der Waals surface area contributed by atoms with Crippen molar-refractivity contribution >= 4 is 22.6 Å². The Hall–Kier alpha value is -3.60. The molecule has 5 heteroatoms. The van der Waals surface area contributed by atoms with Gasteiger partial charge in [-0.3, -0.25) is 0 Å². The quantitative estimate of drug-likeness (QED) is 0.367. The molecule has 1 N–H and O–H groups in total. The van der Waals surface area contributed by atoms with Gasteiger partial charge in [0.05, 0.1) is 11.6 Å². The molecule has 2 aromatic carbocycles. The van der Waals surface area contributed by atoms with E-state index in [9.17, 15) is 9.90 Å². The van der Waals surface area contributed by atoms with Crippen molar-refractivity contribution in [3.63, 3.8) is 0 Å². The van der Waals surface area contributed by atoms with Crippen LogP contribution >= 0.6 is 0 Å². The third kappa shape index (κ3) is 4.52. The summed E-state index contributed by atoms with van der Waals surface area (Å²) in [6.45, 7) is 4.00. The van der Waals surface area contributed by atoms with Gasteiger partial charge in [0.15, 0.2) is 0 Å². The molecule has 0 spiro atoms. The highest BCUT2D eigenvalue weighted by Crippen LogP contribution is 2.36. The Morgan fingerprint density at radius 1 is 1.00 bits per heavy atom. The van der Waals surface area contributed by atoms with Gasteiger partial charge in [-0.25, -0.2) is 9.37 Å². The summed E-state index contributed by atoms with van der Waals surface area (Å²) < 4.78 is 8.35. The Labute approximate surface area is 189 Å². The summed E-state index contributed by atoms with van der Waals surface area (Å²) in [5.74, 6) is -0.128. The van der Waals surface area contributed by atoms with Gasteiger partial charge in [-0.15, -0.1) is 0 Å². The number of aromatic carboxylic acids is 1. The second-order valence-corrected chi connectivity index (χ2v) is 7.87. The molecule has 1 heterocycles. The summed E-state index contributed by atoms with van der Waals surface area (Å²) >= 11 is 0. The summed E-state index contributed by atoms with van der Waals surface area (Å²) in [5, 5.41) is 11.7. The summed E-state index contributed by atoms with van der Waals surface area (Å²) in [7, 11) is 7.99. The Kier molecular flexibility index (Phi) is 6.98. The number of rotatable bonds is 4. The van der Waals surface area contributed by atoms with Gasteiger partial charge in [0.2, 0.25) is 5.36 Å². The first-order valence-electron chi connectivity index (χ1n) is 10.8. The Balaban J connectivity index is 0.00000141. The fourth-order valence-electron chi connectivity index (χ4n) is 3.77. The molecular formula is C27H31N2O3+. The number of fused-ring (bicyclic) bond motifs is 2. The Morgan fingerprint density at radius 3 is 2.38 bits per heavy atom. The molecule has 0 saturated heterocycles. The zero-order valence-corrected chi connectivity index (χ0v) is 19.6. The molecule has 2 aromatic rings. The molecule has 0 fully saturated rings.